The van der Waals surface area contributed by atoms with Crippen molar-refractivity contribution in [2.45, 2.75) is 57.3 Å². The molecule has 1 fully saturated rings. The highest BCUT2D eigenvalue weighted by molar-refractivity contribution is 5.78. The van der Waals surface area contributed by atoms with Crippen LogP contribution in [0.25, 0.3) is 10.9 Å². The predicted molar refractivity (Wildman–Crippen MR) is 82.6 cm³/mol. The minimum atomic E-state index is -2.65. The molecule has 3 nitrogen and oxygen atoms in total. The summed E-state index contributed by atoms with van der Waals surface area (Å²) < 4.78 is 27.2. The smallest absolute Gasteiger partial charge is 0.258 e. The van der Waals surface area contributed by atoms with Gasteiger partial charge in [0.2, 0.25) is 5.92 Å². The molecule has 0 amide bonds. The van der Waals surface area contributed by atoms with Gasteiger partial charge in [-0.1, -0.05) is 19.9 Å². The maximum Gasteiger partial charge on any atom is 0.258 e. The highest BCUT2D eigenvalue weighted by Gasteiger charge is 2.37. The largest absolute Gasteiger partial charge is 0.310 e. The van der Waals surface area contributed by atoms with Crippen LogP contribution >= 0.6 is 0 Å². The van der Waals surface area contributed by atoms with Crippen LogP contribution in [-0.2, 0) is 0 Å². The topological polar surface area (TPSA) is 45.8 Å². The Morgan fingerprint density at radius 1 is 1.36 bits per heavy atom. The van der Waals surface area contributed by atoms with E-state index >= 15 is 0 Å². The number of aromatic amines is 1. The SMILES string of the molecule is CC(C)c1ccc2nc([C@H]3CCCC(F)(F)C3)[nH]c(=O)c2c1. The van der Waals surface area contributed by atoms with Crippen molar-refractivity contribution in [1.29, 1.82) is 0 Å². The summed E-state index contributed by atoms with van der Waals surface area (Å²) >= 11 is 0. The van der Waals surface area contributed by atoms with Crippen LogP contribution < -0.4 is 5.56 Å². The fourth-order valence-corrected chi connectivity index (χ4v) is 3.13. The lowest BCUT2D eigenvalue weighted by Gasteiger charge is -2.28. The first-order chi connectivity index (χ1) is 10.4. The third kappa shape index (κ3) is 2.89. The number of hydrogen-bond acceptors (Lipinski definition) is 2. The van der Waals surface area contributed by atoms with Crippen LogP contribution in [0.1, 0.15) is 62.8 Å². The number of benzene rings is 1. The quantitative estimate of drug-likeness (QED) is 0.897. The van der Waals surface area contributed by atoms with Crippen molar-refractivity contribution in [2.75, 3.05) is 0 Å². The standard InChI is InChI=1S/C17H20F2N2O/c1-10(2)11-5-6-14-13(8-11)16(22)21-15(20-14)12-4-3-7-17(18,19)9-12/h5-6,8,10,12H,3-4,7,9H2,1-2H3,(H,20,21,22)/t12-/m0/s1. The van der Waals surface area contributed by atoms with Crippen LogP contribution in [-0.4, -0.2) is 15.9 Å². The molecule has 5 heteroatoms. The summed E-state index contributed by atoms with van der Waals surface area (Å²) in [6, 6.07) is 5.59. The molecule has 1 aliphatic carbocycles. The van der Waals surface area contributed by atoms with Crippen LogP contribution in [0.15, 0.2) is 23.0 Å². The van der Waals surface area contributed by atoms with Crippen LogP contribution in [0.5, 0.6) is 0 Å². The number of nitrogens with zero attached hydrogens (tertiary/aromatic N) is 1. The zero-order valence-corrected chi connectivity index (χ0v) is 12.8. The Hall–Kier alpha value is -1.78. The lowest BCUT2D eigenvalue weighted by Crippen LogP contribution is -2.27. The summed E-state index contributed by atoms with van der Waals surface area (Å²) in [5.74, 6) is -2.31. The van der Waals surface area contributed by atoms with Crippen molar-refractivity contribution in [1.82, 2.24) is 9.97 Å². The molecule has 1 aromatic heterocycles. The lowest BCUT2D eigenvalue weighted by molar-refractivity contribution is -0.0417. The minimum Gasteiger partial charge on any atom is -0.310 e. The number of nitrogens with one attached hydrogen (secondary N) is 1. The van der Waals surface area contributed by atoms with E-state index < -0.39 is 5.92 Å². The zero-order chi connectivity index (χ0) is 15.9. The lowest BCUT2D eigenvalue weighted by atomic mass is 9.86. The van der Waals surface area contributed by atoms with Crippen molar-refractivity contribution in [3.05, 3.63) is 39.9 Å². The molecule has 0 saturated heterocycles. The van der Waals surface area contributed by atoms with Gasteiger partial charge in [-0.25, -0.2) is 13.8 Å². The molecule has 1 heterocycles. The summed E-state index contributed by atoms with van der Waals surface area (Å²) in [6.45, 7) is 4.11. The van der Waals surface area contributed by atoms with E-state index in [4.69, 9.17) is 0 Å². The van der Waals surface area contributed by atoms with Gasteiger partial charge in [0, 0.05) is 18.8 Å². The van der Waals surface area contributed by atoms with Crippen LogP contribution in [0.3, 0.4) is 0 Å². The van der Waals surface area contributed by atoms with Gasteiger partial charge in [-0.05, 0) is 36.5 Å². The number of hydrogen-bond donors (Lipinski definition) is 1. The van der Waals surface area contributed by atoms with E-state index in [1.807, 2.05) is 18.2 Å². The molecular formula is C17H20F2N2O. The van der Waals surface area contributed by atoms with E-state index in [1.54, 1.807) is 0 Å². The van der Waals surface area contributed by atoms with Crippen molar-refractivity contribution in [2.24, 2.45) is 0 Å². The highest BCUT2D eigenvalue weighted by Crippen LogP contribution is 2.40. The normalized spacial score (nSPS) is 21.4. The molecule has 0 radical (unpaired) electrons. The maximum absolute atomic E-state index is 13.6. The predicted octanol–water partition coefficient (Wildman–Crippen LogP) is 4.34. The Kier molecular flexibility index (Phi) is 3.75. The molecule has 22 heavy (non-hydrogen) atoms. The molecule has 0 bridgehead atoms. The second kappa shape index (κ2) is 5.45. The summed E-state index contributed by atoms with van der Waals surface area (Å²) in [5, 5.41) is 0.525. The van der Waals surface area contributed by atoms with Crippen molar-refractivity contribution >= 4 is 10.9 Å². The summed E-state index contributed by atoms with van der Waals surface area (Å²) in [5.41, 5.74) is 1.41. The first-order valence-electron chi connectivity index (χ1n) is 7.77. The number of alkyl halides is 2. The molecule has 0 unspecified atom stereocenters. The Bertz CT molecular complexity index is 752. The van der Waals surface area contributed by atoms with Gasteiger partial charge in [0.1, 0.15) is 5.82 Å². The maximum atomic E-state index is 13.6. The van der Waals surface area contributed by atoms with Crippen molar-refractivity contribution < 1.29 is 8.78 Å². The van der Waals surface area contributed by atoms with Crippen LogP contribution in [0.2, 0.25) is 0 Å². The van der Waals surface area contributed by atoms with Gasteiger partial charge in [-0.15, -0.1) is 0 Å². The summed E-state index contributed by atoms with van der Waals surface area (Å²) in [4.78, 5) is 19.5. The van der Waals surface area contributed by atoms with E-state index in [-0.39, 0.29) is 24.3 Å². The van der Waals surface area contributed by atoms with Gasteiger partial charge < -0.3 is 4.98 Å². The Labute approximate surface area is 127 Å². The zero-order valence-electron chi connectivity index (χ0n) is 12.8. The third-order valence-electron chi connectivity index (χ3n) is 4.44. The van der Waals surface area contributed by atoms with Crippen LogP contribution in [0.4, 0.5) is 8.78 Å². The monoisotopic (exact) mass is 306 g/mol. The first-order valence-corrected chi connectivity index (χ1v) is 7.77. The number of aromatic nitrogens is 2. The van der Waals surface area contributed by atoms with Gasteiger partial charge in [-0.2, -0.15) is 0 Å². The number of H-pyrrole nitrogens is 1. The summed E-state index contributed by atoms with van der Waals surface area (Å²) in [6.07, 6.45) is 0.810. The fraction of sp³-hybridized carbons (Fsp3) is 0.529. The molecule has 2 aromatic rings. The molecule has 1 atom stereocenters. The molecular weight excluding hydrogens is 286 g/mol. The molecule has 1 N–H and O–H groups in total. The fourth-order valence-electron chi connectivity index (χ4n) is 3.13. The minimum absolute atomic E-state index is 0.0704. The molecule has 3 rings (SSSR count). The summed E-state index contributed by atoms with van der Waals surface area (Å²) in [7, 11) is 0. The van der Waals surface area contributed by atoms with Gasteiger partial charge in [-0.3, -0.25) is 4.79 Å². The molecule has 1 saturated carbocycles. The second-order valence-corrected chi connectivity index (χ2v) is 6.53. The average Bonchev–Trinajstić information content (AvgIpc) is 2.45. The molecule has 1 aromatic carbocycles. The van der Waals surface area contributed by atoms with Gasteiger partial charge in [0.25, 0.3) is 5.56 Å². The van der Waals surface area contributed by atoms with Gasteiger partial charge in [0.15, 0.2) is 0 Å². The average molecular weight is 306 g/mol. The van der Waals surface area contributed by atoms with Crippen molar-refractivity contribution in [3.8, 4) is 0 Å². The number of rotatable bonds is 2. The number of fused-ring (bicyclic) bond motifs is 1. The van der Waals surface area contributed by atoms with Crippen LogP contribution in [0, 0.1) is 0 Å². The molecule has 118 valence electrons. The molecule has 0 spiro atoms. The highest BCUT2D eigenvalue weighted by atomic mass is 19.3. The Morgan fingerprint density at radius 3 is 2.82 bits per heavy atom. The molecule has 1 aliphatic rings. The Morgan fingerprint density at radius 2 is 2.14 bits per heavy atom. The van der Waals surface area contributed by atoms with Crippen molar-refractivity contribution in [3.63, 3.8) is 0 Å². The Balaban J connectivity index is 2.02. The first kappa shape index (κ1) is 15.1. The number of halogens is 2. The van der Waals surface area contributed by atoms with E-state index in [2.05, 4.69) is 23.8 Å². The van der Waals surface area contributed by atoms with E-state index in [0.717, 1.165) is 5.56 Å². The third-order valence-corrected chi connectivity index (χ3v) is 4.44. The van der Waals surface area contributed by atoms with E-state index in [1.165, 1.54) is 0 Å². The van der Waals surface area contributed by atoms with E-state index in [9.17, 15) is 13.6 Å². The second-order valence-electron chi connectivity index (χ2n) is 6.53. The van der Waals surface area contributed by atoms with Gasteiger partial charge in [0.05, 0.1) is 10.9 Å². The van der Waals surface area contributed by atoms with E-state index in [0.29, 0.717) is 35.5 Å². The molecule has 0 aliphatic heterocycles. The van der Waals surface area contributed by atoms with Gasteiger partial charge >= 0.3 is 0 Å².